The number of thiocarbonyl (C=S) groups is 1. The fourth-order valence-electron chi connectivity index (χ4n) is 2.80. The largest absolute Gasteiger partial charge is 0.332 e. The highest BCUT2D eigenvalue weighted by atomic mass is 32.1. The molecule has 114 valence electrons. The fraction of sp³-hybridized carbons (Fsp3) is 0.529. The summed E-state index contributed by atoms with van der Waals surface area (Å²) in [5.74, 6) is 0.744. The highest BCUT2D eigenvalue weighted by molar-refractivity contribution is 7.80. The maximum absolute atomic E-state index is 11.9. The van der Waals surface area contributed by atoms with Crippen LogP contribution in [-0.2, 0) is 4.79 Å². The number of rotatable bonds is 4. The van der Waals surface area contributed by atoms with Crippen LogP contribution in [0.3, 0.4) is 0 Å². The number of benzene rings is 1. The minimum atomic E-state index is 0.0187. The van der Waals surface area contributed by atoms with Crippen molar-refractivity contribution in [3.05, 3.63) is 29.8 Å². The molecule has 0 spiro atoms. The van der Waals surface area contributed by atoms with Crippen LogP contribution in [0.4, 0.5) is 5.69 Å². The Balaban J connectivity index is 1.69. The lowest BCUT2D eigenvalue weighted by Gasteiger charge is -2.21. The molecular weight excluding hydrogens is 280 g/mol. The van der Waals surface area contributed by atoms with Crippen molar-refractivity contribution in [2.75, 3.05) is 5.32 Å². The second-order valence-electron chi connectivity index (χ2n) is 5.91. The number of anilines is 1. The van der Waals surface area contributed by atoms with Crippen LogP contribution in [-0.4, -0.2) is 11.0 Å². The first kappa shape index (κ1) is 16.0. The van der Waals surface area contributed by atoms with E-state index in [2.05, 4.69) is 10.6 Å². The van der Waals surface area contributed by atoms with Gasteiger partial charge in [0.15, 0.2) is 5.11 Å². The van der Waals surface area contributed by atoms with Gasteiger partial charge >= 0.3 is 0 Å². The summed E-state index contributed by atoms with van der Waals surface area (Å²) in [4.78, 5) is 11.9. The first-order valence-corrected chi connectivity index (χ1v) is 8.22. The van der Waals surface area contributed by atoms with Crippen molar-refractivity contribution in [2.24, 2.45) is 5.92 Å². The van der Waals surface area contributed by atoms with Gasteiger partial charge in [0.1, 0.15) is 0 Å². The third kappa shape index (κ3) is 5.84. The second-order valence-corrected chi connectivity index (χ2v) is 6.32. The summed E-state index contributed by atoms with van der Waals surface area (Å²) in [6.07, 6.45) is 8.10. The Morgan fingerprint density at radius 3 is 2.52 bits per heavy atom. The number of carbonyl (C=O) groups excluding carboxylic acids is 1. The maximum Gasteiger partial charge on any atom is 0.226 e. The number of hydrogen-bond donors (Lipinski definition) is 2. The van der Waals surface area contributed by atoms with Crippen molar-refractivity contribution < 1.29 is 4.79 Å². The Bertz CT molecular complexity index is 478. The van der Waals surface area contributed by atoms with Crippen molar-refractivity contribution in [1.29, 1.82) is 0 Å². The standard InChI is InChI=1S/C17H24N2OS/c1-13-7-10-15(11-8-13)18-17(21)19-16(20)12-9-14-5-3-2-4-6-14/h7-8,10-11,14H,2-6,9,12H2,1H3,(H2,18,19,20,21). The Morgan fingerprint density at radius 2 is 1.86 bits per heavy atom. The molecule has 0 radical (unpaired) electrons. The molecule has 1 amide bonds. The maximum atomic E-state index is 11.9. The lowest BCUT2D eigenvalue weighted by Crippen LogP contribution is -2.34. The molecule has 4 heteroatoms. The van der Waals surface area contributed by atoms with E-state index in [0.717, 1.165) is 18.0 Å². The zero-order chi connectivity index (χ0) is 15.1. The number of amides is 1. The average molecular weight is 304 g/mol. The number of carbonyl (C=O) groups is 1. The van der Waals surface area contributed by atoms with Gasteiger partial charge in [-0.3, -0.25) is 4.79 Å². The van der Waals surface area contributed by atoms with Crippen LogP contribution in [0.25, 0.3) is 0 Å². The van der Waals surface area contributed by atoms with Crippen molar-refractivity contribution in [3.63, 3.8) is 0 Å². The van der Waals surface area contributed by atoms with E-state index in [1.165, 1.54) is 37.7 Å². The van der Waals surface area contributed by atoms with E-state index < -0.39 is 0 Å². The fourth-order valence-corrected chi connectivity index (χ4v) is 3.03. The highest BCUT2D eigenvalue weighted by Crippen LogP contribution is 2.27. The molecule has 1 aliphatic carbocycles. The predicted molar refractivity (Wildman–Crippen MR) is 91.4 cm³/mol. The first-order chi connectivity index (χ1) is 10.1. The van der Waals surface area contributed by atoms with Gasteiger partial charge in [-0.25, -0.2) is 0 Å². The van der Waals surface area contributed by atoms with Crippen LogP contribution < -0.4 is 10.6 Å². The van der Waals surface area contributed by atoms with E-state index in [1.807, 2.05) is 31.2 Å². The van der Waals surface area contributed by atoms with Crippen LogP contribution in [0.15, 0.2) is 24.3 Å². The normalized spacial score (nSPS) is 15.5. The van der Waals surface area contributed by atoms with Crippen LogP contribution in [0.2, 0.25) is 0 Å². The Labute approximate surface area is 132 Å². The van der Waals surface area contributed by atoms with E-state index in [-0.39, 0.29) is 5.91 Å². The molecule has 1 aliphatic rings. The first-order valence-electron chi connectivity index (χ1n) is 7.81. The average Bonchev–Trinajstić information content (AvgIpc) is 2.48. The summed E-state index contributed by atoms with van der Waals surface area (Å²) < 4.78 is 0. The van der Waals surface area contributed by atoms with Gasteiger partial charge < -0.3 is 10.6 Å². The van der Waals surface area contributed by atoms with Gasteiger partial charge in [-0.1, -0.05) is 49.8 Å². The monoisotopic (exact) mass is 304 g/mol. The van der Waals surface area contributed by atoms with Gasteiger partial charge in [0.2, 0.25) is 5.91 Å². The molecule has 2 rings (SSSR count). The van der Waals surface area contributed by atoms with Gasteiger partial charge in [0.25, 0.3) is 0 Å². The smallest absolute Gasteiger partial charge is 0.226 e. The molecule has 2 N–H and O–H groups in total. The summed E-state index contributed by atoms with van der Waals surface area (Å²) in [5.41, 5.74) is 2.10. The molecule has 0 heterocycles. The summed E-state index contributed by atoms with van der Waals surface area (Å²) >= 11 is 5.17. The van der Waals surface area contributed by atoms with Crippen molar-refractivity contribution in [2.45, 2.75) is 51.9 Å². The van der Waals surface area contributed by atoms with E-state index in [0.29, 0.717) is 11.5 Å². The lowest BCUT2D eigenvalue weighted by atomic mass is 9.86. The van der Waals surface area contributed by atoms with E-state index >= 15 is 0 Å². The van der Waals surface area contributed by atoms with Crippen molar-refractivity contribution >= 4 is 28.9 Å². The minimum Gasteiger partial charge on any atom is -0.332 e. The Kier molecular flexibility index (Phi) is 6.18. The van der Waals surface area contributed by atoms with Crippen LogP contribution in [0.1, 0.15) is 50.5 Å². The molecule has 0 saturated heterocycles. The number of nitrogens with one attached hydrogen (secondary N) is 2. The molecule has 1 fully saturated rings. The SMILES string of the molecule is Cc1ccc(NC(=S)NC(=O)CCC2CCCCC2)cc1. The van der Waals surface area contributed by atoms with Crippen molar-refractivity contribution in [1.82, 2.24) is 5.32 Å². The summed E-state index contributed by atoms with van der Waals surface area (Å²) in [7, 11) is 0. The highest BCUT2D eigenvalue weighted by Gasteiger charge is 2.15. The van der Waals surface area contributed by atoms with Crippen LogP contribution in [0, 0.1) is 12.8 Å². The van der Waals surface area contributed by atoms with Gasteiger partial charge in [0, 0.05) is 12.1 Å². The molecular formula is C17H24N2OS. The molecule has 0 aliphatic heterocycles. The van der Waals surface area contributed by atoms with Gasteiger partial charge in [-0.2, -0.15) is 0 Å². The molecule has 1 saturated carbocycles. The number of hydrogen-bond acceptors (Lipinski definition) is 2. The van der Waals surface area contributed by atoms with Crippen molar-refractivity contribution in [3.8, 4) is 0 Å². The molecule has 0 atom stereocenters. The van der Waals surface area contributed by atoms with Crippen LogP contribution in [0.5, 0.6) is 0 Å². The molecule has 21 heavy (non-hydrogen) atoms. The second kappa shape index (κ2) is 8.13. The quantitative estimate of drug-likeness (QED) is 0.820. The van der Waals surface area contributed by atoms with E-state index in [1.54, 1.807) is 0 Å². The minimum absolute atomic E-state index is 0.0187. The van der Waals surface area contributed by atoms with Gasteiger partial charge in [-0.05, 0) is 43.6 Å². The lowest BCUT2D eigenvalue weighted by molar-refractivity contribution is -0.120. The zero-order valence-electron chi connectivity index (χ0n) is 12.7. The molecule has 0 bridgehead atoms. The third-order valence-corrected chi connectivity index (χ3v) is 4.27. The van der Waals surface area contributed by atoms with E-state index in [9.17, 15) is 4.79 Å². The van der Waals surface area contributed by atoms with Gasteiger partial charge in [0.05, 0.1) is 0 Å². The van der Waals surface area contributed by atoms with E-state index in [4.69, 9.17) is 12.2 Å². The molecule has 3 nitrogen and oxygen atoms in total. The summed E-state index contributed by atoms with van der Waals surface area (Å²) in [6.45, 7) is 2.04. The molecule has 0 unspecified atom stereocenters. The Hall–Kier alpha value is -1.42. The molecule has 1 aromatic carbocycles. The predicted octanol–water partition coefficient (Wildman–Crippen LogP) is 4.17. The summed E-state index contributed by atoms with van der Waals surface area (Å²) in [5, 5.41) is 6.18. The molecule has 1 aromatic rings. The molecule has 0 aromatic heterocycles. The summed E-state index contributed by atoms with van der Waals surface area (Å²) in [6, 6.07) is 7.93. The topological polar surface area (TPSA) is 41.1 Å². The third-order valence-electron chi connectivity index (χ3n) is 4.07. The zero-order valence-corrected chi connectivity index (χ0v) is 13.5. The number of aryl methyl sites for hydroxylation is 1. The van der Waals surface area contributed by atoms with Gasteiger partial charge in [-0.15, -0.1) is 0 Å². The van der Waals surface area contributed by atoms with Crippen LogP contribution >= 0.6 is 12.2 Å². The Morgan fingerprint density at radius 1 is 1.19 bits per heavy atom.